The number of aryl methyl sites for hydroxylation is 1. The highest BCUT2D eigenvalue weighted by atomic mass is 16.5. The fourth-order valence-electron chi connectivity index (χ4n) is 4.23. The third kappa shape index (κ3) is 5.44. The van der Waals surface area contributed by atoms with Crippen molar-refractivity contribution in [2.75, 3.05) is 27.2 Å². The monoisotopic (exact) mass is 470 g/mol. The molecule has 3 aromatic rings. The SMILES string of the molecule is Cc1cccc(COc2ccc(C(O)=C3C(=O)C(=O)N(CCN(C)C)[C@@H]3c3ccccc3)cc2)c1. The van der Waals surface area contributed by atoms with Gasteiger partial charge < -0.3 is 19.6 Å². The predicted octanol–water partition coefficient (Wildman–Crippen LogP) is 4.56. The number of carbonyl (C=O) groups is 2. The Bertz CT molecular complexity index is 1230. The largest absolute Gasteiger partial charge is 0.507 e. The zero-order chi connectivity index (χ0) is 24.9. The van der Waals surface area contributed by atoms with Gasteiger partial charge in [-0.2, -0.15) is 0 Å². The quantitative estimate of drug-likeness (QED) is 0.297. The molecule has 6 nitrogen and oxygen atoms in total. The molecule has 0 radical (unpaired) electrons. The number of aliphatic hydroxyl groups is 1. The van der Waals surface area contributed by atoms with Gasteiger partial charge in [0.25, 0.3) is 11.7 Å². The molecule has 1 atom stereocenters. The molecule has 1 fully saturated rings. The van der Waals surface area contributed by atoms with E-state index in [1.807, 2.05) is 74.4 Å². The van der Waals surface area contributed by atoms with Crippen LogP contribution in [0.2, 0.25) is 0 Å². The van der Waals surface area contributed by atoms with E-state index in [0.29, 0.717) is 31.0 Å². The molecule has 1 amide bonds. The number of amides is 1. The molecular weight excluding hydrogens is 440 g/mol. The lowest BCUT2D eigenvalue weighted by atomic mass is 9.95. The number of hydrogen-bond donors (Lipinski definition) is 1. The number of rotatable bonds is 8. The minimum absolute atomic E-state index is 0.105. The van der Waals surface area contributed by atoms with Crippen LogP contribution in [0.1, 0.15) is 28.3 Å². The van der Waals surface area contributed by atoms with Crippen LogP contribution in [-0.2, 0) is 16.2 Å². The number of Topliss-reactive ketones (excluding diaryl/α,β-unsaturated/α-hetero) is 1. The highest BCUT2D eigenvalue weighted by molar-refractivity contribution is 6.46. The van der Waals surface area contributed by atoms with Crippen LogP contribution in [0.15, 0.2) is 84.4 Å². The average Bonchev–Trinajstić information content (AvgIpc) is 3.11. The van der Waals surface area contributed by atoms with Crippen molar-refractivity contribution >= 4 is 17.4 Å². The summed E-state index contributed by atoms with van der Waals surface area (Å²) in [4.78, 5) is 29.5. The van der Waals surface area contributed by atoms with Crippen molar-refractivity contribution in [3.05, 3.63) is 107 Å². The van der Waals surface area contributed by atoms with Crippen LogP contribution < -0.4 is 4.74 Å². The number of ether oxygens (including phenoxy) is 1. The van der Waals surface area contributed by atoms with Crippen molar-refractivity contribution in [1.29, 1.82) is 0 Å². The standard InChI is InChI=1S/C29H30N2O4/c1-20-8-7-9-21(18-20)19-35-24-14-12-23(13-15-24)27(32)25-26(22-10-5-4-6-11-22)31(17-16-30(2)3)29(34)28(25)33/h4-15,18,26,32H,16-17,19H2,1-3H3/t26-/m1/s1. The van der Waals surface area contributed by atoms with Gasteiger partial charge in [0.05, 0.1) is 11.6 Å². The van der Waals surface area contributed by atoms with Crippen molar-refractivity contribution in [3.8, 4) is 5.75 Å². The second-order valence-corrected chi connectivity index (χ2v) is 9.01. The molecule has 0 saturated carbocycles. The predicted molar refractivity (Wildman–Crippen MR) is 136 cm³/mol. The van der Waals surface area contributed by atoms with E-state index in [1.54, 1.807) is 29.2 Å². The molecule has 0 unspecified atom stereocenters. The zero-order valence-electron chi connectivity index (χ0n) is 20.3. The Morgan fingerprint density at radius 2 is 1.69 bits per heavy atom. The Labute approximate surface area is 206 Å². The van der Waals surface area contributed by atoms with Crippen molar-refractivity contribution in [2.24, 2.45) is 0 Å². The van der Waals surface area contributed by atoms with E-state index in [1.165, 1.54) is 5.56 Å². The minimum Gasteiger partial charge on any atom is -0.507 e. The van der Waals surface area contributed by atoms with Crippen LogP contribution in [0.4, 0.5) is 0 Å². The fraction of sp³-hybridized carbons (Fsp3) is 0.241. The minimum atomic E-state index is -0.671. The first-order chi connectivity index (χ1) is 16.8. The van der Waals surface area contributed by atoms with E-state index in [4.69, 9.17) is 4.74 Å². The second kappa shape index (κ2) is 10.6. The van der Waals surface area contributed by atoms with Crippen LogP contribution in [-0.4, -0.2) is 53.8 Å². The number of likely N-dealkylation sites (N-methyl/N-ethyl adjacent to an activating group) is 1. The molecule has 35 heavy (non-hydrogen) atoms. The van der Waals surface area contributed by atoms with E-state index in [-0.39, 0.29) is 11.3 Å². The van der Waals surface area contributed by atoms with E-state index in [9.17, 15) is 14.7 Å². The summed E-state index contributed by atoms with van der Waals surface area (Å²) in [6.45, 7) is 3.44. The first kappa shape index (κ1) is 24.2. The zero-order valence-corrected chi connectivity index (χ0v) is 20.3. The molecule has 6 heteroatoms. The molecule has 0 spiro atoms. The summed E-state index contributed by atoms with van der Waals surface area (Å²) in [6.07, 6.45) is 0. The first-order valence-electron chi connectivity index (χ1n) is 11.6. The third-order valence-electron chi connectivity index (χ3n) is 6.06. The summed E-state index contributed by atoms with van der Waals surface area (Å²) in [5.41, 5.74) is 3.58. The third-order valence-corrected chi connectivity index (χ3v) is 6.06. The Morgan fingerprint density at radius 1 is 0.971 bits per heavy atom. The molecule has 180 valence electrons. The van der Waals surface area contributed by atoms with Gasteiger partial charge in [0.2, 0.25) is 0 Å². The van der Waals surface area contributed by atoms with Crippen molar-refractivity contribution in [2.45, 2.75) is 19.6 Å². The van der Waals surface area contributed by atoms with Gasteiger partial charge in [0.1, 0.15) is 18.1 Å². The van der Waals surface area contributed by atoms with Gasteiger partial charge in [-0.05, 0) is 56.4 Å². The summed E-state index contributed by atoms with van der Waals surface area (Å²) < 4.78 is 5.88. The summed E-state index contributed by atoms with van der Waals surface area (Å²) >= 11 is 0. The van der Waals surface area contributed by atoms with E-state index in [0.717, 1.165) is 11.1 Å². The molecule has 4 rings (SSSR count). The highest BCUT2D eigenvalue weighted by Gasteiger charge is 2.45. The molecule has 1 N–H and O–H groups in total. The molecule has 1 saturated heterocycles. The Hall–Kier alpha value is -3.90. The molecule has 3 aromatic carbocycles. The van der Waals surface area contributed by atoms with Crippen molar-refractivity contribution in [3.63, 3.8) is 0 Å². The van der Waals surface area contributed by atoms with Crippen LogP contribution in [0, 0.1) is 6.92 Å². The number of ketones is 1. The van der Waals surface area contributed by atoms with Gasteiger partial charge in [0, 0.05) is 18.7 Å². The molecule has 0 aromatic heterocycles. The highest BCUT2D eigenvalue weighted by Crippen LogP contribution is 2.39. The normalized spacial score (nSPS) is 17.3. The Balaban J connectivity index is 1.62. The number of nitrogens with zero attached hydrogens (tertiary/aromatic N) is 2. The molecule has 0 aliphatic carbocycles. The Morgan fingerprint density at radius 3 is 2.34 bits per heavy atom. The Kier molecular flexibility index (Phi) is 7.32. The second-order valence-electron chi connectivity index (χ2n) is 9.01. The van der Waals surface area contributed by atoms with Gasteiger partial charge in [-0.15, -0.1) is 0 Å². The van der Waals surface area contributed by atoms with Crippen LogP contribution in [0.25, 0.3) is 5.76 Å². The van der Waals surface area contributed by atoms with Crippen LogP contribution >= 0.6 is 0 Å². The molecular formula is C29H30N2O4. The fourth-order valence-corrected chi connectivity index (χ4v) is 4.23. The lowest BCUT2D eigenvalue weighted by Crippen LogP contribution is -2.35. The average molecular weight is 471 g/mol. The lowest BCUT2D eigenvalue weighted by molar-refractivity contribution is -0.140. The maximum Gasteiger partial charge on any atom is 0.295 e. The molecule has 0 bridgehead atoms. The van der Waals surface area contributed by atoms with Crippen LogP contribution in [0.3, 0.4) is 0 Å². The van der Waals surface area contributed by atoms with Gasteiger partial charge in [-0.25, -0.2) is 0 Å². The number of carbonyl (C=O) groups excluding carboxylic acids is 2. The van der Waals surface area contributed by atoms with Gasteiger partial charge in [-0.3, -0.25) is 9.59 Å². The van der Waals surface area contributed by atoms with Crippen molar-refractivity contribution < 1.29 is 19.4 Å². The smallest absolute Gasteiger partial charge is 0.295 e. The number of likely N-dealkylation sites (tertiary alicyclic amines) is 1. The molecule has 1 heterocycles. The summed E-state index contributed by atoms with van der Waals surface area (Å²) in [7, 11) is 3.83. The summed E-state index contributed by atoms with van der Waals surface area (Å²) in [6, 6.07) is 23.7. The van der Waals surface area contributed by atoms with Crippen molar-refractivity contribution in [1.82, 2.24) is 9.80 Å². The summed E-state index contributed by atoms with van der Waals surface area (Å²) in [5, 5.41) is 11.2. The lowest BCUT2D eigenvalue weighted by Gasteiger charge is -2.26. The number of benzene rings is 3. The van der Waals surface area contributed by atoms with E-state index >= 15 is 0 Å². The molecule has 1 aliphatic rings. The topological polar surface area (TPSA) is 70.1 Å². The van der Waals surface area contributed by atoms with Gasteiger partial charge >= 0.3 is 0 Å². The van der Waals surface area contributed by atoms with E-state index < -0.39 is 17.7 Å². The number of hydrogen-bond acceptors (Lipinski definition) is 5. The first-order valence-corrected chi connectivity index (χ1v) is 11.6. The van der Waals surface area contributed by atoms with Gasteiger partial charge in [-0.1, -0.05) is 60.2 Å². The number of aliphatic hydroxyl groups excluding tert-OH is 1. The molecule has 1 aliphatic heterocycles. The maximum absolute atomic E-state index is 13.1. The van der Waals surface area contributed by atoms with Crippen LogP contribution in [0.5, 0.6) is 5.75 Å². The van der Waals surface area contributed by atoms with E-state index in [2.05, 4.69) is 6.07 Å². The summed E-state index contributed by atoms with van der Waals surface area (Å²) in [5.74, 6) is -0.806. The maximum atomic E-state index is 13.1. The van der Waals surface area contributed by atoms with Gasteiger partial charge in [0.15, 0.2) is 0 Å².